The Kier molecular flexibility index (Phi) is 4.01. The van der Waals surface area contributed by atoms with Gasteiger partial charge in [-0.05, 0) is 24.5 Å². The molecule has 76 valence electrons. The molecule has 1 aromatic rings. The second kappa shape index (κ2) is 5.05. The van der Waals surface area contributed by atoms with Gasteiger partial charge in [0.2, 0.25) is 0 Å². The summed E-state index contributed by atoms with van der Waals surface area (Å²) in [5.41, 5.74) is 0.682. The Morgan fingerprint density at radius 3 is 2.71 bits per heavy atom. The van der Waals surface area contributed by atoms with Crippen molar-refractivity contribution in [1.82, 2.24) is 0 Å². The molecule has 0 aliphatic carbocycles. The molecule has 0 aliphatic heterocycles. The fraction of sp³-hybridized carbons (Fsp3) is 0.364. The maximum Gasteiger partial charge on any atom is 0.166 e. The molecular formula is C11H14O2S. The highest BCUT2D eigenvalue weighted by Gasteiger charge is 2.10. The van der Waals surface area contributed by atoms with Gasteiger partial charge in [0.1, 0.15) is 5.75 Å². The highest BCUT2D eigenvalue weighted by molar-refractivity contribution is 7.98. The van der Waals surface area contributed by atoms with Gasteiger partial charge in [-0.3, -0.25) is 4.79 Å². The number of hydrogen-bond acceptors (Lipinski definition) is 3. The van der Waals surface area contributed by atoms with Crippen LogP contribution >= 0.6 is 11.8 Å². The number of ketones is 1. The first-order valence-corrected chi connectivity index (χ1v) is 5.70. The second-order valence-electron chi connectivity index (χ2n) is 2.84. The van der Waals surface area contributed by atoms with Crippen molar-refractivity contribution in [3.8, 4) is 5.75 Å². The first-order chi connectivity index (χ1) is 6.72. The smallest absolute Gasteiger partial charge is 0.166 e. The number of Topliss-reactive ketones (excluding diaryl/α,β-unsaturated/α-hetero) is 1. The third-order valence-electron chi connectivity index (χ3n) is 2.03. The Balaban J connectivity index is 3.14. The third kappa shape index (κ3) is 2.29. The quantitative estimate of drug-likeness (QED) is 0.564. The molecule has 0 saturated carbocycles. The van der Waals surface area contributed by atoms with Crippen LogP contribution in [0.25, 0.3) is 0 Å². The lowest BCUT2D eigenvalue weighted by Gasteiger charge is -2.07. The minimum absolute atomic E-state index is 0.123. The number of methoxy groups -OCH3 is 1. The molecule has 14 heavy (non-hydrogen) atoms. The Morgan fingerprint density at radius 1 is 1.50 bits per heavy atom. The van der Waals surface area contributed by atoms with Crippen LogP contribution in [0.4, 0.5) is 0 Å². The van der Waals surface area contributed by atoms with Crippen LogP contribution in [0.1, 0.15) is 23.7 Å². The average Bonchev–Trinajstić information content (AvgIpc) is 2.27. The van der Waals surface area contributed by atoms with Crippen LogP contribution in [-0.2, 0) is 0 Å². The van der Waals surface area contributed by atoms with Crippen LogP contribution < -0.4 is 4.74 Å². The van der Waals surface area contributed by atoms with Gasteiger partial charge in [-0.1, -0.05) is 6.92 Å². The minimum Gasteiger partial charge on any atom is -0.496 e. The van der Waals surface area contributed by atoms with Gasteiger partial charge in [0, 0.05) is 11.3 Å². The van der Waals surface area contributed by atoms with Crippen molar-refractivity contribution in [2.75, 3.05) is 13.4 Å². The number of benzene rings is 1. The topological polar surface area (TPSA) is 26.3 Å². The highest BCUT2D eigenvalue weighted by Crippen LogP contribution is 2.25. The lowest BCUT2D eigenvalue weighted by Crippen LogP contribution is -2.00. The van der Waals surface area contributed by atoms with Crippen LogP contribution in [0.5, 0.6) is 5.75 Å². The molecule has 0 amide bonds. The van der Waals surface area contributed by atoms with E-state index in [1.165, 1.54) is 0 Å². The van der Waals surface area contributed by atoms with Gasteiger partial charge >= 0.3 is 0 Å². The summed E-state index contributed by atoms with van der Waals surface area (Å²) in [5, 5.41) is 0. The monoisotopic (exact) mass is 210 g/mol. The first kappa shape index (κ1) is 11.1. The van der Waals surface area contributed by atoms with E-state index in [4.69, 9.17) is 4.74 Å². The standard InChI is InChI=1S/C11H14O2S/c1-4-10(12)9-7-8(14-3)5-6-11(9)13-2/h5-7H,4H2,1-3H3. The van der Waals surface area contributed by atoms with Gasteiger partial charge in [0.15, 0.2) is 5.78 Å². The van der Waals surface area contributed by atoms with Gasteiger partial charge in [-0.25, -0.2) is 0 Å². The number of hydrogen-bond donors (Lipinski definition) is 0. The molecule has 1 rings (SSSR count). The summed E-state index contributed by atoms with van der Waals surface area (Å²) >= 11 is 1.62. The molecule has 0 radical (unpaired) electrons. The molecule has 0 N–H and O–H groups in total. The molecule has 0 fully saturated rings. The van der Waals surface area contributed by atoms with Crippen molar-refractivity contribution in [2.45, 2.75) is 18.2 Å². The summed E-state index contributed by atoms with van der Waals surface area (Å²) < 4.78 is 5.14. The van der Waals surface area contributed by atoms with Crippen molar-refractivity contribution < 1.29 is 9.53 Å². The van der Waals surface area contributed by atoms with Gasteiger partial charge < -0.3 is 4.74 Å². The molecule has 0 saturated heterocycles. The van der Waals surface area contributed by atoms with Crippen LogP contribution in [0.15, 0.2) is 23.1 Å². The number of rotatable bonds is 4. The Labute approximate surface area is 88.7 Å². The summed E-state index contributed by atoms with van der Waals surface area (Å²) in [4.78, 5) is 12.7. The molecule has 0 aliphatic rings. The van der Waals surface area contributed by atoms with E-state index in [2.05, 4.69) is 0 Å². The lowest BCUT2D eigenvalue weighted by atomic mass is 10.1. The first-order valence-electron chi connectivity index (χ1n) is 4.48. The lowest BCUT2D eigenvalue weighted by molar-refractivity contribution is 0.0985. The Hall–Kier alpha value is -0.960. The summed E-state index contributed by atoms with van der Waals surface area (Å²) in [6.07, 6.45) is 2.50. The predicted octanol–water partition coefficient (Wildman–Crippen LogP) is 3.01. The van der Waals surface area contributed by atoms with E-state index in [0.29, 0.717) is 17.7 Å². The molecule has 0 atom stereocenters. The van der Waals surface area contributed by atoms with E-state index < -0.39 is 0 Å². The number of ether oxygens (including phenoxy) is 1. The van der Waals surface area contributed by atoms with Crippen molar-refractivity contribution >= 4 is 17.5 Å². The van der Waals surface area contributed by atoms with Crippen molar-refractivity contribution in [3.05, 3.63) is 23.8 Å². The molecule has 0 spiro atoms. The molecule has 0 bridgehead atoms. The zero-order valence-corrected chi connectivity index (χ0v) is 9.48. The van der Waals surface area contributed by atoms with Crippen molar-refractivity contribution in [2.24, 2.45) is 0 Å². The maximum absolute atomic E-state index is 11.6. The fourth-order valence-electron chi connectivity index (χ4n) is 1.22. The van der Waals surface area contributed by atoms with E-state index in [-0.39, 0.29) is 5.78 Å². The minimum atomic E-state index is 0.123. The summed E-state index contributed by atoms with van der Waals surface area (Å²) in [7, 11) is 1.58. The number of carbonyl (C=O) groups excluding carboxylic acids is 1. The van der Waals surface area contributed by atoms with Crippen LogP contribution in [-0.4, -0.2) is 19.1 Å². The Morgan fingerprint density at radius 2 is 2.21 bits per heavy atom. The normalized spacial score (nSPS) is 9.93. The summed E-state index contributed by atoms with van der Waals surface area (Å²) in [6.45, 7) is 1.85. The maximum atomic E-state index is 11.6. The number of thioether (sulfide) groups is 1. The molecule has 3 heteroatoms. The molecule has 0 aromatic heterocycles. The largest absolute Gasteiger partial charge is 0.496 e. The van der Waals surface area contributed by atoms with Crippen molar-refractivity contribution in [1.29, 1.82) is 0 Å². The van der Waals surface area contributed by atoms with Gasteiger partial charge in [-0.2, -0.15) is 0 Å². The highest BCUT2D eigenvalue weighted by atomic mass is 32.2. The van der Waals surface area contributed by atoms with Crippen LogP contribution in [0.2, 0.25) is 0 Å². The number of carbonyl (C=O) groups is 1. The van der Waals surface area contributed by atoms with E-state index in [1.807, 2.05) is 31.4 Å². The molecule has 1 aromatic carbocycles. The van der Waals surface area contributed by atoms with Crippen LogP contribution in [0.3, 0.4) is 0 Å². The summed E-state index contributed by atoms with van der Waals surface area (Å²) in [6, 6.07) is 5.68. The second-order valence-corrected chi connectivity index (χ2v) is 3.72. The van der Waals surface area contributed by atoms with E-state index in [1.54, 1.807) is 18.9 Å². The van der Waals surface area contributed by atoms with Gasteiger partial charge in [0.25, 0.3) is 0 Å². The zero-order valence-electron chi connectivity index (χ0n) is 8.66. The van der Waals surface area contributed by atoms with E-state index in [9.17, 15) is 4.79 Å². The molecule has 2 nitrogen and oxygen atoms in total. The van der Waals surface area contributed by atoms with Gasteiger partial charge in [0.05, 0.1) is 12.7 Å². The predicted molar refractivity (Wildman–Crippen MR) is 59.4 cm³/mol. The average molecular weight is 210 g/mol. The van der Waals surface area contributed by atoms with Gasteiger partial charge in [-0.15, -0.1) is 11.8 Å². The summed E-state index contributed by atoms with van der Waals surface area (Å²) in [5.74, 6) is 0.785. The molecular weight excluding hydrogens is 196 g/mol. The molecule has 0 heterocycles. The van der Waals surface area contributed by atoms with E-state index in [0.717, 1.165) is 4.90 Å². The zero-order chi connectivity index (χ0) is 10.6. The van der Waals surface area contributed by atoms with E-state index >= 15 is 0 Å². The molecule has 0 unspecified atom stereocenters. The third-order valence-corrected chi connectivity index (χ3v) is 2.75. The van der Waals surface area contributed by atoms with Crippen LogP contribution in [0, 0.1) is 0 Å². The Bertz CT molecular complexity index is 334. The van der Waals surface area contributed by atoms with Crippen molar-refractivity contribution in [3.63, 3.8) is 0 Å². The SMILES string of the molecule is CCC(=O)c1cc(SC)ccc1OC. The fourth-order valence-corrected chi connectivity index (χ4v) is 1.66.